The van der Waals surface area contributed by atoms with Crippen LogP contribution in [0.15, 0.2) is 17.2 Å². The summed E-state index contributed by atoms with van der Waals surface area (Å²) in [7, 11) is -3.59. The van der Waals surface area contributed by atoms with Gasteiger partial charge in [-0.15, -0.1) is 0 Å². The van der Waals surface area contributed by atoms with Crippen molar-refractivity contribution in [3.63, 3.8) is 0 Å². The first-order valence-corrected chi connectivity index (χ1v) is 7.18. The SMILES string of the molecule is Cc1nccc(CNS(=O)(=O)c2c(C)n[nH]c2C)n1. The number of nitrogens with one attached hydrogen (secondary N) is 2. The molecule has 19 heavy (non-hydrogen) atoms. The second kappa shape index (κ2) is 5.06. The van der Waals surface area contributed by atoms with Crippen molar-refractivity contribution in [1.82, 2.24) is 24.9 Å². The maximum absolute atomic E-state index is 12.2. The summed E-state index contributed by atoms with van der Waals surface area (Å²) in [6.45, 7) is 5.19. The number of hydrogen-bond donors (Lipinski definition) is 2. The summed E-state index contributed by atoms with van der Waals surface area (Å²) in [5.41, 5.74) is 1.59. The van der Waals surface area contributed by atoms with Crippen LogP contribution in [0.4, 0.5) is 0 Å². The molecule has 2 rings (SSSR count). The smallest absolute Gasteiger partial charge is 0.244 e. The predicted octanol–water partition coefficient (Wildman–Crippen LogP) is 0.603. The van der Waals surface area contributed by atoms with E-state index in [4.69, 9.17) is 0 Å². The van der Waals surface area contributed by atoms with Crippen LogP contribution in [-0.4, -0.2) is 28.6 Å². The van der Waals surface area contributed by atoms with E-state index < -0.39 is 10.0 Å². The molecule has 0 saturated carbocycles. The molecule has 2 heterocycles. The van der Waals surface area contributed by atoms with Crippen molar-refractivity contribution in [2.45, 2.75) is 32.2 Å². The molecule has 0 aliphatic carbocycles. The van der Waals surface area contributed by atoms with Crippen LogP contribution in [0.1, 0.15) is 22.9 Å². The second-order valence-corrected chi connectivity index (χ2v) is 5.89. The van der Waals surface area contributed by atoms with Gasteiger partial charge in [-0.1, -0.05) is 0 Å². The molecule has 2 aromatic heterocycles. The highest BCUT2D eigenvalue weighted by Gasteiger charge is 2.21. The van der Waals surface area contributed by atoms with Crippen LogP contribution in [-0.2, 0) is 16.6 Å². The molecule has 0 saturated heterocycles. The average molecular weight is 281 g/mol. The van der Waals surface area contributed by atoms with Crippen molar-refractivity contribution in [3.8, 4) is 0 Å². The maximum atomic E-state index is 12.2. The number of nitrogens with zero attached hydrogens (tertiary/aromatic N) is 3. The minimum absolute atomic E-state index is 0.121. The van der Waals surface area contributed by atoms with E-state index in [0.29, 0.717) is 22.9 Å². The van der Waals surface area contributed by atoms with Gasteiger partial charge >= 0.3 is 0 Å². The highest BCUT2D eigenvalue weighted by Crippen LogP contribution is 2.16. The van der Waals surface area contributed by atoms with Crippen molar-refractivity contribution in [1.29, 1.82) is 0 Å². The number of sulfonamides is 1. The van der Waals surface area contributed by atoms with Crippen molar-refractivity contribution in [3.05, 3.63) is 35.2 Å². The van der Waals surface area contributed by atoms with Crippen LogP contribution in [0.2, 0.25) is 0 Å². The third kappa shape index (κ3) is 2.96. The van der Waals surface area contributed by atoms with E-state index >= 15 is 0 Å². The summed E-state index contributed by atoms with van der Waals surface area (Å²) in [4.78, 5) is 8.29. The number of aromatic amines is 1. The summed E-state index contributed by atoms with van der Waals surface area (Å²) in [5.74, 6) is 0.604. The van der Waals surface area contributed by atoms with Crippen molar-refractivity contribution < 1.29 is 8.42 Å². The Hall–Kier alpha value is -1.80. The molecule has 8 heteroatoms. The lowest BCUT2D eigenvalue weighted by atomic mass is 10.4. The molecule has 7 nitrogen and oxygen atoms in total. The van der Waals surface area contributed by atoms with E-state index in [1.165, 1.54) is 0 Å². The average Bonchev–Trinajstić information content (AvgIpc) is 2.67. The zero-order valence-corrected chi connectivity index (χ0v) is 11.7. The van der Waals surface area contributed by atoms with Crippen molar-refractivity contribution >= 4 is 10.0 Å². The molecule has 0 aliphatic heterocycles. The van der Waals surface area contributed by atoms with Crippen molar-refractivity contribution in [2.75, 3.05) is 0 Å². The lowest BCUT2D eigenvalue weighted by molar-refractivity contribution is 0.579. The molecule has 0 amide bonds. The topological polar surface area (TPSA) is 101 Å². The number of rotatable bonds is 4. The molecule has 2 N–H and O–H groups in total. The largest absolute Gasteiger partial charge is 0.281 e. The molecule has 0 bridgehead atoms. The van der Waals surface area contributed by atoms with Gasteiger partial charge < -0.3 is 0 Å². The minimum Gasteiger partial charge on any atom is -0.281 e. The van der Waals surface area contributed by atoms with E-state index in [1.807, 2.05) is 0 Å². The number of hydrogen-bond acceptors (Lipinski definition) is 5. The van der Waals surface area contributed by atoms with Gasteiger partial charge in [0, 0.05) is 6.20 Å². The monoisotopic (exact) mass is 281 g/mol. The highest BCUT2D eigenvalue weighted by atomic mass is 32.2. The predicted molar refractivity (Wildman–Crippen MR) is 68.9 cm³/mol. The standard InChI is InChI=1S/C11H15N5O2S/c1-7-11(8(2)16-15-7)19(17,18)13-6-10-4-5-12-9(3)14-10/h4-5,13H,6H2,1-3H3,(H,15,16). The quantitative estimate of drug-likeness (QED) is 0.854. The molecule has 0 spiro atoms. The summed E-state index contributed by atoms with van der Waals surface area (Å²) in [5, 5.41) is 6.54. The molecule has 102 valence electrons. The summed E-state index contributed by atoms with van der Waals surface area (Å²) >= 11 is 0. The Balaban J connectivity index is 2.19. The summed E-state index contributed by atoms with van der Waals surface area (Å²) < 4.78 is 26.9. The Labute approximate surface area is 111 Å². The van der Waals surface area contributed by atoms with Crippen LogP contribution in [0.25, 0.3) is 0 Å². The maximum Gasteiger partial charge on any atom is 0.244 e. The van der Waals surface area contributed by atoms with Crippen LogP contribution >= 0.6 is 0 Å². The van der Waals surface area contributed by atoms with Crippen LogP contribution in [0, 0.1) is 20.8 Å². The Kier molecular flexibility index (Phi) is 3.63. The van der Waals surface area contributed by atoms with Gasteiger partial charge in [-0.3, -0.25) is 5.10 Å². The minimum atomic E-state index is -3.59. The third-order valence-corrected chi connectivity index (χ3v) is 4.27. The van der Waals surface area contributed by atoms with E-state index in [-0.39, 0.29) is 11.4 Å². The van der Waals surface area contributed by atoms with Gasteiger partial charge in [-0.2, -0.15) is 5.10 Å². The fourth-order valence-corrected chi connectivity index (χ4v) is 3.15. The Morgan fingerprint density at radius 1 is 1.32 bits per heavy atom. The molecule has 0 fully saturated rings. The van der Waals surface area contributed by atoms with E-state index in [9.17, 15) is 8.42 Å². The molecule has 0 aromatic carbocycles. The number of aromatic nitrogens is 4. The molecular weight excluding hydrogens is 266 g/mol. The molecular formula is C11H15N5O2S. The summed E-state index contributed by atoms with van der Waals surface area (Å²) in [6.07, 6.45) is 1.60. The molecule has 2 aromatic rings. The van der Waals surface area contributed by atoms with Gasteiger partial charge in [-0.05, 0) is 26.8 Å². The van der Waals surface area contributed by atoms with E-state index in [1.54, 1.807) is 33.0 Å². The van der Waals surface area contributed by atoms with Gasteiger partial charge in [-0.25, -0.2) is 23.1 Å². The van der Waals surface area contributed by atoms with Gasteiger partial charge in [0.1, 0.15) is 10.7 Å². The van der Waals surface area contributed by atoms with Gasteiger partial charge in [0.05, 0.1) is 23.6 Å². The number of aryl methyl sites for hydroxylation is 3. The first-order chi connectivity index (χ1) is 8.90. The van der Waals surface area contributed by atoms with E-state index in [0.717, 1.165) is 0 Å². The fraction of sp³-hybridized carbons (Fsp3) is 0.364. The molecule has 0 atom stereocenters. The zero-order valence-electron chi connectivity index (χ0n) is 10.9. The molecule has 0 aliphatic rings. The van der Waals surface area contributed by atoms with Crippen LogP contribution in [0.5, 0.6) is 0 Å². The fourth-order valence-electron chi connectivity index (χ4n) is 1.78. The first kappa shape index (κ1) is 13.6. The molecule has 0 radical (unpaired) electrons. The third-order valence-electron chi connectivity index (χ3n) is 2.61. The van der Waals surface area contributed by atoms with E-state index in [2.05, 4.69) is 24.9 Å². The lowest BCUT2D eigenvalue weighted by Crippen LogP contribution is -2.24. The van der Waals surface area contributed by atoms with Gasteiger partial charge in [0.2, 0.25) is 10.0 Å². The normalized spacial score (nSPS) is 11.7. The second-order valence-electron chi connectivity index (χ2n) is 4.18. The van der Waals surface area contributed by atoms with Crippen LogP contribution in [0.3, 0.4) is 0 Å². The zero-order chi connectivity index (χ0) is 14.0. The first-order valence-electron chi connectivity index (χ1n) is 5.70. The Morgan fingerprint density at radius 2 is 2.05 bits per heavy atom. The molecule has 0 unspecified atom stereocenters. The van der Waals surface area contributed by atoms with Crippen LogP contribution < -0.4 is 4.72 Å². The van der Waals surface area contributed by atoms with Crippen molar-refractivity contribution in [2.24, 2.45) is 0 Å². The summed E-state index contributed by atoms with van der Waals surface area (Å²) in [6, 6.07) is 1.67. The van der Waals surface area contributed by atoms with Gasteiger partial charge in [0.25, 0.3) is 0 Å². The number of H-pyrrole nitrogens is 1. The highest BCUT2D eigenvalue weighted by molar-refractivity contribution is 7.89. The van der Waals surface area contributed by atoms with Gasteiger partial charge in [0.15, 0.2) is 0 Å². The Morgan fingerprint density at radius 3 is 2.63 bits per heavy atom. The Bertz CT molecular complexity index is 673. The lowest BCUT2D eigenvalue weighted by Gasteiger charge is -2.06.